The molecule has 21 heavy (non-hydrogen) atoms. The van der Waals surface area contributed by atoms with Crippen molar-refractivity contribution in [3.05, 3.63) is 27.2 Å². The summed E-state index contributed by atoms with van der Waals surface area (Å²) < 4.78 is 8.61. The Bertz CT molecular complexity index is 784. The number of carbonyl (C=O) groups excluding carboxylic acids is 1. The molecule has 0 aliphatic rings. The number of rotatable bonds is 3. The van der Waals surface area contributed by atoms with Crippen LogP contribution in [-0.4, -0.2) is 31.3 Å². The number of ether oxygens (including phenoxy) is 1. The number of esters is 1. The maximum Gasteiger partial charge on any atom is 0.332 e. The third-order valence-corrected chi connectivity index (χ3v) is 3.22. The average molecular weight is 296 g/mol. The lowest BCUT2D eigenvalue weighted by Gasteiger charge is -2.13. The van der Waals surface area contributed by atoms with Crippen molar-refractivity contribution in [1.82, 2.24) is 18.7 Å². The highest BCUT2D eigenvalue weighted by Gasteiger charge is 2.22. The summed E-state index contributed by atoms with van der Waals surface area (Å²) in [5.41, 5.74) is -0.502. The molecule has 116 valence electrons. The summed E-state index contributed by atoms with van der Waals surface area (Å²) in [6, 6.07) is -0.690. The van der Waals surface area contributed by atoms with Gasteiger partial charge in [0.15, 0.2) is 11.2 Å². The van der Waals surface area contributed by atoms with Crippen LogP contribution in [0, 0.1) is 0 Å². The lowest BCUT2D eigenvalue weighted by molar-refractivity contribution is -0.146. The maximum absolute atomic E-state index is 12.2. The van der Waals surface area contributed by atoms with Gasteiger partial charge in [0.05, 0.1) is 12.9 Å². The van der Waals surface area contributed by atoms with Crippen molar-refractivity contribution in [1.29, 1.82) is 0 Å². The van der Waals surface area contributed by atoms with Gasteiger partial charge in [-0.15, -0.1) is 0 Å². The van der Waals surface area contributed by atoms with E-state index in [2.05, 4.69) is 4.98 Å². The number of aromatic nitrogens is 4. The van der Waals surface area contributed by atoms with Gasteiger partial charge in [-0.2, -0.15) is 0 Å². The molecule has 8 nitrogen and oxygen atoms in total. The van der Waals surface area contributed by atoms with E-state index in [1.54, 1.807) is 13.8 Å². The third kappa shape index (κ3) is 2.48. The first-order chi connectivity index (χ1) is 9.40. The van der Waals surface area contributed by atoms with Gasteiger partial charge >= 0.3 is 11.7 Å². The first kappa shape index (κ1) is 16.7. The van der Waals surface area contributed by atoms with Crippen LogP contribution in [0.2, 0.25) is 0 Å². The fourth-order valence-corrected chi connectivity index (χ4v) is 2.03. The van der Waals surface area contributed by atoms with Crippen molar-refractivity contribution in [2.75, 3.05) is 6.61 Å². The molecule has 1 unspecified atom stereocenters. The van der Waals surface area contributed by atoms with Crippen LogP contribution in [0.5, 0.6) is 0 Å². The molecule has 0 bridgehead atoms. The van der Waals surface area contributed by atoms with E-state index in [4.69, 9.17) is 4.74 Å². The Labute approximate surface area is 121 Å². The molecule has 0 amide bonds. The summed E-state index contributed by atoms with van der Waals surface area (Å²) in [7, 11) is 2.91. The fraction of sp³-hybridized carbons (Fsp3) is 0.538. The second-order valence-corrected chi connectivity index (χ2v) is 4.46. The van der Waals surface area contributed by atoms with E-state index in [1.807, 2.05) is 0 Å². The Kier molecular flexibility index (Phi) is 4.72. The molecule has 2 aromatic rings. The minimum absolute atomic E-state index is 0. The normalized spacial score (nSPS) is 12.0. The largest absolute Gasteiger partial charge is 0.464 e. The first-order valence-electron chi connectivity index (χ1n) is 6.19. The topological polar surface area (TPSA) is 88.1 Å². The summed E-state index contributed by atoms with van der Waals surface area (Å²) in [6.45, 7) is 3.58. The average Bonchev–Trinajstić information content (AvgIpc) is 2.87. The van der Waals surface area contributed by atoms with Crippen LogP contribution < -0.4 is 11.2 Å². The summed E-state index contributed by atoms with van der Waals surface area (Å²) in [5, 5.41) is 0. The number of imidazole rings is 1. The van der Waals surface area contributed by atoms with Gasteiger partial charge in [-0.25, -0.2) is 14.6 Å². The zero-order valence-corrected chi connectivity index (χ0v) is 11.8. The van der Waals surface area contributed by atoms with E-state index in [0.717, 1.165) is 4.57 Å². The highest BCUT2D eigenvalue weighted by Crippen LogP contribution is 2.14. The number of nitrogens with zero attached hydrogens (tertiary/aromatic N) is 4. The standard InChI is InChI=1S/C12H16N4O4.CH4/c1-5-20-11(18)7(2)16-6-13-9-8(16)10(17)15(4)12(19)14(9)3;/h6-7H,5H2,1-4H3;1H4. The zero-order chi connectivity index (χ0) is 15.0. The van der Waals surface area contributed by atoms with Crippen molar-refractivity contribution >= 4 is 17.1 Å². The highest BCUT2D eigenvalue weighted by atomic mass is 16.5. The number of hydrogen-bond donors (Lipinski definition) is 0. The van der Waals surface area contributed by atoms with E-state index in [-0.39, 0.29) is 25.2 Å². The molecule has 0 spiro atoms. The number of aryl methyl sites for hydroxylation is 1. The van der Waals surface area contributed by atoms with Crippen LogP contribution in [0.4, 0.5) is 0 Å². The van der Waals surface area contributed by atoms with Gasteiger partial charge in [-0.1, -0.05) is 7.43 Å². The molecule has 8 heteroatoms. The van der Waals surface area contributed by atoms with E-state index >= 15 is 0 Å². The van der Waals surface area contributed by atoms with Gasteiger partial charge < -0.3 is 9.30 Å². The van der Waals surface area contributed by atoms with Crippen molar-refractivity contribution in [3.63, 3.8) is 0 Å². The molecule has 0 saturated heterocycles. The molecule has 2 aromatic heterocycles. The predicted molar refractivity (Wildman–Crippen MR) is 78.3 cm³/mol. The van der Waals surface area contributed by atoms with Gasteiger partial charge in [0.2, 0.25) is 0 Å². The minimum atomic E-state index is -0.690. The van der Waals surface area contributed by atoms with Gasteiger partial charge in [0.1, 0.15) is 6.04 Å². The molecular formula is C13H20N4O4. The molecule has 0 aliphatic carbocycles. The number of carbonyl (C=O) groups is 1. The summed E-state index contributed by atoms with van der Waals surface area (Å²) in [5.74, 6) is -0.456. The smallest absolute Gasteiger partial charge is 0.332 e. The Morgan fingerprint density at radius 3 is 2.52 bits per heavy atom. The van der Waals surface area contributed by atoms with Crippen molar-refractivity contribution in [2.24, 2.45) is 14.1 Å². The molecule has 0 radical (unpaired) electrons. The Morgan fingerprint density at radius 2 is 1.95 bits per heavy atom. The molecule has 1 atom stereocenters. The monoisotopic (exact) mass is 296 g/mol. The van der Waals surface area contributed by atoms with Crippen molar-refractivity contribution in [2.45, 2.75) is 27.3 Å². The second kappa shape index (κ2) is 5.94. The lowest BCUT2D eigenvalue weighted by atomic mass is 10.3. The highest BCUT2D eigenvalue weighted by molar-refractivity contribution is 5.78. The van der Waals surface area contributed by atoms with E-state index in [0.29, 0.717) is 0 Å². The van der Waals surface area contributed by atoms with Gasteiger partial charge in [-0.3, -0.25) is 13.9 Å². The molecule has 0 aromatic carbocycles. The lowest BCUT2D eigenvalue weighted by Crippen LogP contribution is -2.38. The molecule has 2 heterocycles. The summed E-state index contributed by atoms with van der Waals surface area (Å²) >= 11 is 0. The van der Waals surface area contributed by atoms with Gasteiger partial charge in [0, 0.05) is 14.1 Å². The summed E-state index contributed by atoms with van der Waals surface area (Å²) in [6.07, 6.45) is 1.37. The van der Waals surface area contributed by atoms with Crippen LogP contribution in [0.3, 0.4) is 0 Å². The quantitative estimate of drug-likeness (QED) is 0.755. The third-order valence-electron chi connectivity index (χ3n) is 3.22. The van der Waals surface area contributed by atoms with Crippen LogP contribution in [0.15, 0.2) is 15.9 Å². The maximum atomic E-state index is 12.2. The van der Waals surface area contributed by atoms with Gasteiger partial charge in [-0.05, 0) is 13.8 Å². The molecule has 0 aliphatic heterocycles. The van der Waals surface area contributed by atoms with Crippen molar-refractivity contribution in [3.8, 4) is 0 Å². The van der Waals surface area contributed by atoms with Crippen LogP contribution in [0.25, 0.3) is 11.2 Å². The number of hydrogen-bond acceptors (Lipinski definition) is 5. The molecule has 2 rings (SSSR count). The fourth-order valence-electron chi connectivity index (χ4n) is 2.03. The van der Waals surface area contributed by atoms with Crippen LogP contribution >= 0.6 is 0 Å². The SMILES string of the molecule is C.CCOC(=O)C(C)n1cnc2c1c(=O)n(C)c(=O)n2C. The zero-order valence-electron chi connectivity index (χ0n) is 11.8. The second-order valence-electron chi connectivity index (χ2n) is 4.46. The Balaban J connectivity index is 0.00000220. The van der Waals surface area contributed by atoms with E-state index in [1.165, 1.54) is 29.6 Å². The Hall–Kier alpha value is -2.38. The van der Waals surface area contributed by atoms with E-state index in [9.17, 15) is 14.4 Å². The molecule has 0 saturated carbocycles. The summed E-state index contributed by atoms with van der Waals surface area (Å²) in [4.78, 5) is 39.8. The van der Waals surface area contributed by atoms with Crippen LogP contribution in [-0.2, 0) is 23.6 Å². The molecule has 0 fully saturated rings. The molecule has 0 N–H and O–H groups in total. The molecular weight excluding hydrogens is 276 g/mol. The van der Waals surface area contributed by atoms with E-state index < -0.39 is 23.3 Å². The van der Waals surface area contributed by atoms with Gasteiger partial charge in [0.25, 0.3) is 5.56 Å². The van der Waals surface area contributed by atoms with Crippen molar-refractivity contribution < 1.29 is 9.53 Å². The minimum Gasteiger partial charge on any atom is -0.464 e. The predicted octanol–water partition coefficient (Wildman–Crippen LogP) is 0.194. The Morgan fingerprint density at radius 1 is 1.33 bits per heavy atom. The first-order valence-corrected chi connectivity index (χ1v) is 6.19. The van der Waals surface area contributed by atoms with Crippen LogP contribution in [0.1, 0.15) is 27.3 Å². The number of fused-ring (bicyclic) bond motifs is 1.